The van der Waals surface area contributed by atoms with Gasteiger partial charge in [-0.05, 0) is 24.6 Å². The van der Waals surface area contributed by atoms with Crippen LogP contribution in [-0.4, -0.2) is 55.6 Å². The molecule has 25 heavy (non-hydrogen) atoms. The highest BCUT2D eigenvalue weighted by Crippen LogP contribution is 2.31. The van der Waals surface area contributed by atoms with Crippen molar-refractivity contribution in [2.45, 2.75) is 13.0 Å². The third kappa shape index (κ3) is 3.79. The molecule has 2 unspecified atom stereocenters. The molecule has 2 aliphatic heterocycles. The molecule has 1 aromatic rings. The molecular formula is C17H20FN3O4. The van der Waals surface area contributed by atoms with Crippen LogP contribution in [0.3, 0.4) is 0 Å². The van der Waals surface area contributed by atoms with Gasteiger partial charge in [0.2, 0.25) is 11.9 Å². The minimum absolute atomic E-state index is 0.165. The molecule has 2 heterocycles. The van der Waals surface area contributed by atoms with Crippen molar-refractivity contribution in [2.75, 3.05) is 32.9 Å². The number of morpholine rings is 1. The molecule has 1 saturated heterocycles. The summed E-state index contributed by atoms with van der Waals surface area (Å²) in [7, 11) is 0. The molecular weight excluding hydrogens is 329 g/mol. The van der Waals surface area contributed by atoms with E-state index in [9.17, 15) is 14.0 Å². The van der Waals surface area contributed by atoms with Crippen LogP contribution in [0, 0.1) is 11.7 Å². The van der Waals surface area contributed by atoms with E-state index in [0.717, 1.165) is 0 Å². The zero-order chi connectivity index (χ0) is 17.8. The second-order valence-corrected chi connectivity index (χ2v) is 5.77. The number of nitrogens with one attached hydrogen (secondary N) is 1. The zero-order valence-corrected chi connectivity index (χ0v) is 13.9. The van der Waals surface area contributed by atoms with E-state index in [0.29, 0.717) is 37.8 Å². The molecule has 1 N–H and O–H groups in total. The first-order valence-electron chi connectivity index (χ1n) is 8.23. The average molecular weight is 349 g/mol. The predicted molar refractivity (Wildman–Crippen MR) is 87.2 cm³/mol. The zero-order valence-electron chi connectivity index (χ0n) is 13.9. The topological polar surface area (TPSA) is 80.2 Å². The lowest BCUT2D eigenvalue weighted by atomic mass is 9.91. The monoisotopic (exact) mass is 349 g/mol. The SMILES string of the molecule is CCOC(=O)C1C(=O)NC(N2CCOCC2)=NC1c1ccc(F)cc1. The number of carbonyl (C=O) groups excluding carboxylic acids is 2. The number of aliphatic imine (C=N–C) groups is 1. The van der Waals surface area contributed by atoms with E-state index in [2.05, 4.69) is 10.3 Å². The summed E-state index contributed by atoms with van der Waals surface area (Å²) in [5.74, 6) is -2.20. The Morgan fingerprint density at radius 2 is 2.04 bits per heavy atom. The highest BCUT2D eigenvalue weighted by atomic mass is 19.1. The Morgan fingerprint density at radius 1 is 1.36 bits per heavy atom. The number of nitrogens with zero attached hydrogens (tertiary/aromatic N) is 2. The van der Waals surface area contributed by atoms with Crippen LogP contribution in [-0.2, 0) is 19.1 Å². The smallest absolute Gasteiger partial charge is 0.321 e. The Morgan fingerprint density at radius 3 is 2.68 bits per heavy atom. The van der Waals surface area contributed by atoms with Crippen LogP contribution in [0.25, 0.3) is 0 Å². The second-order valence-electron chi connectivity index (χ2n) is 5.77. The molecule has 7 nitrogen and oxygen atoms in total. The van der Waals surface area contributed by atoms with Crippen LogP contribution in [0.4, 0.5) is 4.39 Å². The molecule has 134 valence electrons. The van der Waals surface area contributed by atoms with Crippen LogP contribution in [0.1, 0.15) is 18.5 Å². The summed E-state index contributed by atoms with van der Waals surface area (Å²) >= 11 is 0. The van der Waals surface area contributed by atoms with E-state index >= 15 is 0 Å². The van der Waals surface area contributed by atoms with Gasteiger partial charge in [0.1, 0.15) is 11.9 Å². The van der Waals surface area contributed by atoms with Crippen molar-refractivity contribution in [3.8, 4) is 0 Å². The van der Waals surface area contributed by atoms with E-state index in [1.54, 1.807) is 6.92 Å². The number of amides is 1. The summed E-state index contributed by atoms with van der Waals surface area (Å²) in [6.07, 6.45) is 0. The Hall–Kier alpha value is -2.48. The van der Waals surface area contributed by atoms with Crippen molar-refractivity contribution in [3.63, 3.8) is 0 Å². The number of hydrogen-bond donors (Lipinski definition) is 1. The van der Waals surface area contributed by atoms with Gasteiger partial charge in [0.25, 0.3) is 0 Å². The minimum Gasteiger partial charge on any atom is -0.465 e. The number of esters is 1. The molecule has 0 radical (unpaired) electrons. The number of carbonyl (C=O) groups is 2. The normalized spacial score (nSPS) is 23.7. The lowest BCUT2D eigenvalue weighted by Crippen LogP contribution is -2.55. The fourth-order valence-corrected chi connectivity index (χ4v) is 2.90. The van der Waals surface area contributed by atoms with Crippen LogP contribution in [0.2, 0.25) is 0 Å². The van der Waals surface area contributed by atoms with Gasteiger partial charge in [0, 0.05) is 13.1 Å². The number of halogens is 1. The fraction of sp³-hybridized carbons (Fsp3) is 0.471. The molecule has 1 aromatic carbocycles. The molecule has 1 fully saturated rings. The van der Waals surface area contributed by atoms with Crippen molar-refractivity contribution in [1.29, 1.82) is 0 Å². The molecule has 8 heteroatoms. The third-order valence-corrected chi connectivity index (χ3v) is 4.16. The number of hydrogen-bond acceptors (Lipinski definition) is 6. The Bertz CT molecular complexity index is 671. The van der Waals surface area contributed by atoms with Crippen LogP contribution < -0.4 is 5.32 Å². The first-order valence-corrected chi connectivity index (χ1v) is 8.23. The summed E-state index contributed by atoms with van der Waals surface area (Å²) in [5, 5.41) is 2.69. The third-order valence-electron chi connectivity index (χ3n) is 4.16. The molecule has 0 bridgehead atoms. The van der Waals surface area contributed by atoms with Crippen molar-refractivity contribution in [3.05, 3.63) is 35.6 Å². The predicted octanol–water partition coefficient (Wildman–Crippen LogP) is 0.864. The molecule has 3 rings (SSSR count). The summed E-state index contributed by atoms with van der Waals surface area (Å²) in [6, 6.07) is 4.88. The minimum atomic E-state index is -1.10. The van der Waals surface area contributed by atoms with Gasteiger partial charge in [-0.3, -0.25) is 14.9 Å². The molecule has 2 aliphatic rings. The highest BCUT2D eigenvalue weighted by Gasteiger charge is 2.42. The van der Waals surface area contributed by atoms with Gasteiger partial charge in [-0.25, -0.2) is 9.38 Å². The van der Waals surface area contributed by atoms with Crippen molar-refractivity contribution in [1.82, 2.24) is 10.2 Å². The summed E-state index contributed by atoms with van der Waals surface area (Å²) in [6.45, 7) is 4.11. The highest BCUT2D eigenvalue weighted by molar-refractivity contribution is 6.08. The Kier molecular flexibility index (Phi) is 5.28. The van der Waals surface area contributed by atoms with E-state index < -0.39 is 29.7 Å². The first-order chi connectivity index (χ1) is 12.1. The lowest BCUT2D eigenvalue weighted by Gasteiger charge is -2.35. The molecule has 1 amide bonds. The largest absolute Gasteiger partial charge is 0.465 e. The van der Waals surface area contributed by atoms with Gasteiger partial charge < -0.3 is 14.4 Å². The summed E-state index contributed by atoms with van der Waals surface area (Å²) in [5.41, 5.74) is 0.583. The number of ether oxygens (including phenoxy) is 2. The van der Waals surface area contributed by atoms with Crippen LogP contribution >= 0.6 is 0 Å². The van der Waals surface area contributed by atoms with Crippen LogP contribution in [0.15, 0.2) is 29.3 Å². The molecule has 0 aromatic heterocycles. The van der Waals surface area contributed by atoms with Gasteiger partial charge >= 0.3 is 5.97 Å². The summed E-state index contributed by atoms with van der Waals surface area (Å²) in [4.78, 5) is 31.3. The molecule has 0 saturated carbocycles. The van der Waals surface area contributed by atoms with Crippen molar-refractivity contribution in [2.24, 2.45) is 10.9 Å². The number of benzene rings is 1. The van der Waals surface area contributed by atoms with E-state index in [-0.39, 0.29) is 6.61 Å². The average Bonchev–Trinajstić information content (AvgIpc) is 2.62. The number of guanidine groups is 1. The van der Waals surface area contributed by atoms with E-state index in [1.807, 2.05) is 4.90 Å². The maximum atomic E-state index is 13.2. The van der Waals surface area contributed by atoms with Crippen molar-refractivity contribution >= 4 is 17.8 Å². The van der Waals surface area contributed by atoms with E-state index in [1.165, 1.54) is 24.3 Å². The maximum Gasteiger partial charge on any atom is 0.321 e. The molecule has 2 atom stereocenters. The van der Waals surface area contributed by atoms with Gasteiger partial charge in [-0.1, -0.05) is 12.1 Å². The second kappa shape index (κ2) is 7.60. The Balaban J connectivity index is 1.95. The fourth-order valence-electron chi connectivity index (χ4n) is 2.90. The summed E-state index contributed by atoms with van der Waals surface area (Å²) < 4.78 is 23.6. The Labute approximate surface area is 144 Å². The first kappa shape index (κ1) is 17.3. The van der Waals surface area contributed by atoms with Crippen LogP contribution in [0.5, 0.6) is 0 Å². The van der Waals surface area contributed by atoms with Gasteiger partial charge in [0.15, 0.2) is 5.92 Å². The van der Waals surface area contributed by atoms with Gasteiger partial charge in [0.05, 0.1) is 19.8 Å². The molecule has 0 spiro atoms. The quantitative estimate of drug-likeness (QED) is 0.647. The van der Waals surface area contributed by atoms with Gasteiger partial charge in [-0.2, -0.15) is 0 Å². The standard InChI is InChI=1S/C17H20FN3O4/c1-2-25-16(23)13-14(11-3-5-12(18)6-4-11)19-17(20-15(13)22)21-7-9-24-10-8-21/h3-6,13-14H,2,7-10H2,1H3,(H,19,20,22). The number of rotatable bonds is 3. The molecule has 0 aliphatic carbocycles. The van der Waals surface area contributed by atoms with E-state index in [4.69, 9.17) is 9.47 Å². The van der Waals surface area contributed by atoms with Gasteiger partial charge in [-0.15, -0.1) is 0 Å². The maximum absolute atomic E-state index is 13.2. The lowest BCUT2D eigenvalue weighted by molar-refractivity contribution is -0.153. The van der Waals surface area contributed by atoms with Crippen molar-refractivity contribution < 1.29 is 23.5 Å².